The molecule has 1 unspecified atom stereocenters. The zero-order valence-electron chi connectivity index (χ0n) is 31.0. The smallest absolute Gasteiger partial charge is 0.462 e. The molecular formula is C38H74NO8P. The Morgan fingerprint density at radius 3 is 1.48 bits per heavy atom. The van der Waals surface area contributed by atoms with Gasteiger partial charge in [-0.1, -0.05) is 148 Å². The van der Waals surface area contributed by atoms with Crippen molar-refractivity contribution in [2.45, 2.75) is 193 Å². The molecule has 0 aliphatic heterocycles. The second-order valence-electron chi connectivity index (χ2n) is 13.2. The van der Waals surface area contributed by atoms with Crippen LogP contribution in [0.3, 0.4) is 0 Å². The van der Waals surface area contributed by atoms with Crippen molar-refractivity contribution in [3.8, 4) is 0 Å². The molecule has 9 nitrogen and oxygen atoms in total. The number of esters is 2. The number of carbonyl (C=O) groups is 2. The minimum Gasteiger partial charge on any atom is -0.462 e. The van der Waals surface area contributed by atoms with E-state index in [0.717, 1.165) is 51.4 Å². The van der Waals surface area contributed by atoms with E-state index in [1.807, 2.05) is 0 Å². The predicted octanol–water partition coefficient (Wildman–Crippen LogP) is 10.7. The van der Waals surface area contributed by atoms with Crippen LogP contribution in [-0.2, 0) is 32.7 Å². The molecule has 0 aliphatic rings. The van der Waals surface area contributed by atoms with Crippen LogP contribution in [0.25, 0.3) is 0 Å². The lowest BCUT2D eigenvalue weighted by Gasteiger charge is -2.19. The van der Waals surface area contributed by atoms with Gasteiger partial charge in [0.2, 0.25) is 0 Å². The Bertz CT molecular complexity index is 810. The summed E-state index contributed by atoms with van der Waals surface area (Å²) >= 11 is 0. The molecule has 0 aromatic heterocycles. The van der Waals surface area contributed by atoms with Gasteiger partial charge in [-0.05, 0) is 38.5 Å². The van der Waals surface area contributed by atoms with Crippen molar-refractivity contribution in [3.63, 3.8) is 0 Å². The quantitative estimate of drug-likeness (QED) is 0.0280. The van der Waals surface area contributed by atoms with Gasteiger partial charge in [0.05, 0.1) is 13.2 Å². The van der Waals surface area contributed by atoms with Gasteiger partial charge in [-0.3, -0.25) is 18.6 Å². The van der Waals surface area contributed by atoms with E-state index < -0.39 is 26.5 Å². The van der Waals surface area contributed by atoms with E-state index >= 15 is 0 Å². The van der Waals surface area contributed by atoms with Crippen molar-refractivity contribution in [3.05, 3.63) is 12.2 Å². The summed E-state index contributed by atoms with van der Waals surface area (Å²) in [5, 5.41) is 0. The minimum atomic E-state index is -4.37. The molecule has 0 radical (unpaired) electrons. The monoisotopic (exact) mass is 704 g/mol. The number of hydrogen-bond acceptors (Lipinski definition) is 8. The normalized spacial score (nSPS) is 13.5. The molecular weight excluding hydrogens is 629 g/mol. The fourth-order valence-electron chi connectivity index (χ4n) is 5.45. The summed E-state index contributed by atoms with van der Waals surface area (Å²) in [5.74, 6) is -0.833. The average Bonchev–Trinajstić information content (AvgIpc) is 3.07. The van der Waals surface area contributed by atoms with Crippen molar-refractivity contribution in [2.75, 3.05) is 26.4 Å². The summed E-state index contributed by atoms with van der Waals surface area (Å²) in [6.07, 6.45) is 33.8. The molecule has 284 valence electrons. The summed E-state index contributed by atoms with van der Waals surface area (Å²) in [6, 6.07) is 0. The largest absolute Gasteiger partial charge is 0.472 e. The van der Waals surface area contributed by atoms with Crippen LogP contribution in [0.2, 0.25) is 0 Å². The van der Waals surface area contributed by atoms with Gasteiger partial charge in [0, 0.05) is 19.4 Å². The zero-order chi connectivity index (χ0) is 35.4. The Balaban J connectivity index is 4.20. The van der Waals surface area contributed by atoms with E-state index in [0.29, 0.717) is 6.42 Å². The molecule has 0 fully saturated rings. The van der Waals surface area contributed by atoms with E-state index in [-0.39, 0.29) is 38.6 Å². The Morgan fingerprint density at radius 2 is 1.02 bits per heavy atom. The standard InChI is InChI=1S/C38H74NO8P/c1-3-5-7-9-11-13-15-16-17-18-19-21-23-25-27-29-31-38(41)47-36(35-46-48(42,43)45-33-32-39)34-44-37(40)30-28-26-24-22-20-14-12-10-8-6-4-2/h17-18,36H,3-16,19-35,39H2,1-2H3,(H,42,43)/b18-17-/t36-/m1/s1. The number of rotatable bonds is 37. The Kier molecular flexibility index (Phi) is 34.6. The van der Waals surface area contributed by atoms with Gasteiger partial charge in [-0.2, -0.15) is 0 Å². The van der Waals surface area contributed by atoms with Gasteiger partial charge in [-0.25, -0.2) is 4.57 Å². The fourth-order valence-corrected chi connectivity index (χ4v) is 6.22. The fraction of sp³-hybridized carbons (Fsp3) is 0.895. The maximum atomic E-state index is 12.5. The molecule has 3 N–H and O–H groups in total. The Hall–Kier alpha value is -1.25. The van der Waals surface area contributed by atoms with Crippen molar-refractivity contribution in [2.24, 2.45) is 5.73 Å². The maximum Gasteiger partial charge on any atom is 0.472 e. The van der Waals surface area contributed by atoms with Gasteiger partial charge >= 0.3 is 19.8 Å². The molecule has 0 spiro atoms. The van der Waals surface area contributed by atoms with E-state index in [1.54, 1.807) is 0 Å². The molecule has 0 aromatic rings. The molecule has 0 amide bonds. The molecule has 0 heterocycles. The molecule has 0 rings (SSSR count). The minimum absolute atomic E-state index is 0.0546. The summed E-state index contributed by atoms with van der Waals surface area (Å²) in [4.78, 5) is 34.7. The van der Waals surface area contributed by atoms with Crippen LogP contribution in [0.4, 0.5) is 0 Å². The lowest BCUT2D eigenvalue weighted by atomic mass is 10.1. The number of unbranched alkanes of at least 4 members (excludes halogenated alkanes) is 22. The zero-order valence-corrected chi connectivity index (χ0v) is 31.9. The van der Waals surface area contributed by atoms with Gasteiger partial charge < -0.3 is 20.1 Å². The van der Waals surface area contributed by atoms with Crippen molar-refractivity contribution < 1.29 is 37.6 Å². The van der Waals surface area contributed by atoms with Gasteiger partial charge in [-0.15, -0.1) is 0 Å². The van der Waals surface area contributed by atoms with Crippen LogP contribution < -0.4 is 5.73 Å². The van der Waals surface area contributed by atoms with Crippen LogP contribution in [0, 0.1) is 0 Å². The number of nitrogens with two attached hydrogens (primary N) is 1. The lowest BCUT2D eigenvalue weighted by molar-refractivity contribution is -0.161. The van der Waals surface area contributed by atoms with E-state index in [4.69, 9.17) is 24.3 Å². The molecule has 48 heavy (non-hydrogen) atoms. The molecule has 2 atom stereocenters. The second kappa shape index (κ2) is 35.6. The number of allylic oxidation sites excluding steroid dienone is 2. The summed E-state index contributed by atoms with van der Waals surface area (Å²) in [7, 11) is -4.37. The highest BCUT2D eigenvalue weighted by Gasteiger charge is 2.25. The highest BCUT2D eigenvalue weighted by molar-refractivity contribution is 7.47. The van der Waals surface area contributed by atoms with E-state index in [2.05, 4.69) is 26.0 Å². The third-order valence-electron chi connectivity index (χ3n) is 8.40. The van der Waals surface area contributed by atoms with Gasteiger partial charge in [0.1, 0.15) is 6.61 Å². The number of phosphoric ester groups is 1. The SMILES string of the molecule is CCCCCCCCC/C=C\CCCCCCCC(=O)O[C@H](COC(=O)CCCCCCCCCCCCC)COP(=O)(O)OCCN. The Labute approximate surface area is 294 Å². The second-order valence-corrected chi connectivity index (χ2v) is 14.6. The highest BCUT2D eigenvalue weighted by Crippen LogP contribution is 2.43. The molecule has 0 saturated carbocycles. The first kappa shape index (κ1) is 46.8. The molecule has 10 heteroatoms. The third-order valence-corrected chi connectivity index (χ3v) is 9.39. The highest BCUT2D eigenvalue weighted by atomic mass is 31.2. The van der Waals surface area contributed by atoms with Crippen LogP contribution in [0.15, 0.2) is 12.2 Å². The maximum absolute atomic E-state index is 12.5. The molecule has 0 aromatic carbocycles. The number of hydrogen-bond donors (Lipinski definition) is 2. The van der Waals surface area contributed by atoms with Gasteiger partial charge in [0.15, 0.2) is 6.10 Å². The number of carbonyl (C=O) groups excluding carboxylic acids is 2. The van der Waals surface area contributed by atoms with E-state index in [9.17, 15) is 19.0 Å². The first-order chi connectivity index (χ1) is 23.3. The predicted molar refractivity (Wildman–Crippen MR) is 197 cm³/mol. The summed E-state index contributed by atoms with van der Waals surface area (Å²) < 4.78 is 32.6. The number of ether oxygens (including phenoxy) is 2. The van der Waals surface area contributed by atoms with Crippen molar-refractivity contribution >= 4 is 19.8 Å². The van der Waals surface area contributed by atoms with Crippen molar-refractivity contribution in [1.82, 2.24) is 0 Å². The first-order valence-corrected chi connectivity index (χ1v) is 21.2. The van der Waals surface area contributed by atoms with Crippen LogP contribution in [-0.4, -0.2) is 49.3 Å². The van der Waals surface area contributed by atoms with Crippen LogP contribution in [0.5, 0.6) is 0 Å². The summed E-state index contributed by atoms with van der Waals surface area (Å²) in [6.45, 7) is 3.72. The molecule has 0 saturated heterocycles. The topological polar surface area (TPSA) is 134 Å². The third kappa shape index (κ3) is 34.6. The average molecular weight is 704 g/mol. The van der Waals surface area contributed by atoms with E-state index in [1.165, 1.54) is 103 Å². The van der Waals surface area contributed by atoms with Crippen molar-refractivity contribution in [1.29, 1.82) is 0 Å². The van der Waals surface area contributed by atoms with Crippen LogP contribution >= 0.6 is 7.82 Å². The number of phosphoric acid groups is 1. The lowest BCUT2D eigenvalue weighted by Crippen LogP contribution is -2.29. The van der Waals surface area contributed by atoms with Crippen LogP contribution in [0.1, 0.15) is 187 Å². The first-order valence-electron chi connectivity index (χ1n) is 19.7. The Morgan fingerprint density at radius 1 is 0.604 bits per heavy atom. The summed E-state index contributed by atoms with van der Waals surface area (Å²) in [5.41, 5.74) is 5.33. The molecule has 0 bridgehead atoms. The molecule has 0 aliphatic carbocycles. The van der Waals surface area contributed by atoms with Gasteiger partial charge in [0.25, 0.3) is 0 Å².